The molecule has 0 fully saturated rings. The second kappa shape index (κ2) is 15.7. The molecule has 52 valence electrons. The van der Waals surface area contributed by atoms with Crippen LogP contribution in [0.3, 0.4) is 0 Å². The molecule has 0 radical (unpaired) electrons. The molecule has 0 saturated heterocycles. The van der Waals surface area contributed by atoms with Crippen LogP contribution in [0.5, 0.6) is 0 Å². The van der Waals surface area contributed by atoms with Crippen LogP contribution in [0.2, 0.25) is 0 Å². The first-order chi connectivity index (χ1) is 3.65. The molecule has 6 N–H and O–H groups in total. The molecule has 0 unspecified atom stereocenters. The third-order valence-electron chi connectivity index (χ3n) is 0.167. The number of nitrogens with two attached hydrogens (primary N) is 2. The Morgan fingerprint density at radius 2 is 1.44 bits per heavy atom. The topological polar surface area (TPSA) is 110 Å². The fourth-order valence-corrected chi connectivity index (χ4v) is 0. The summed E-state index contributed by atoms with van der Waals surface area (Å²) in [5, 5.41) is 13.9. The molecule has 9 heavy (non-hydrogen) atoms. The van der Waals surface area contributed by atoms with Crippen molar-refractivity contribution in [2.75, 3.05) is 13.1 Å². The first-order valence-electron chi connectivity index (χ1n) is 1.97. The van der Waals surface area contributed by atoms with E-state index >= 15 is 0 Å². The van der Waals surface area contributed by atoms with E-state index in [0.29, 0.717) is 13.1 Å². The zero-order chi connectivity index (χ0) is 6.99. The minimum atomic E-state index is -1.83. The van der Waals surface area contributed by atoms with Crippen molar-refractivity contribution in [3.63, 3.8) is 0 Å². The largest absolute Gasteiger partial charge is 1.00 e. The summed E-state index contributed by atoms with van der Waals surface area (Å²) in [4.78, 5) is 8.56. The van der Waals surface area contributed by atoms with E-state index in [1.165, 1.54) is 0 Å². The first-order valence-corrected chi connectivity index (χ1v) is 1.97. The van der Waals surface area contributed by atoms with E-state index in [9.17, 15) is 0 Å². The van der Waals surface area contributed by atoms with Gasteiger partial charge < -0.3 is 23.1 Å². The number of hydrogen-bond donors (Lipinski definition) is 4. The molecule has 0 aliphatic heterocycles. The second-order valence-electron chi connectivity index (χ2n) is 0.860. The van der Waals surface area contributed by atoms with Crippen molar-refractivity contribution < 1.29 is 46.0 Å². The number of hydrogen-bond acceptors (Lipinski definition) is 3. The molecule has 0 aromatic heterocycles. The van der Waals surface area contributed by atoms with E-state index in [0.717, 1.165) is 0 Å². The summed E-state index contributed by atoms with van der Waals surface area (Å²) < 4.78 is 0. The first kappa shape index (κ1) is 16.1. The predicted molar refractivity (Wildman–Crippen MR) is 29.9 cm³/mol. The van der Waals surface area contributed by atoms with Gasteiger partial charge in [-0.2, -0.15) is 0 Å². The van der Waals surface area contributed by atoms with Crippen LogP contribution in [0.1, 0.15) is 1.43 Å². The molecular weight excluding hydrogens is 135 g/mol. The Morgan fingerprint density at radius 3 is 1.44 bits per heavy atom. The van der Waals surface area contributed by atoms with E-state index in [1.54, 1.807) is 0 Å². The maximum Gasteiger partial charge on any atom is 1.00 e. The predicted octanol–water partition coefficient (Wildman–Crippen LogP) is -3.76. The van der Waals surface area contributed by atoms with E-state index in [-0.39, 0.29) is 31.0 Å². The Balaban J connectivity index is -0.0000000300. The molecule has 0 amide bonds. The molecule has 0 aliphatic rings. The van der Waals surface area contributed by atoms with Gasteiger partial charge in [0.2, 0.25) is 0 Å². The standard InChI is InChI=1S/C2H8N2.CH2O3.Na.H/c3-1-2-4;2-1(3)4;;/h1-4H2;(H2,2,3,4);;/q;;+1;-1. The summed E-state index contributed by atoms with van der Waals surface area (Å²) in [5.41, 5.74) is 9.81. The van der Waals surface area contributed by atoms with Crippen LogP contribution in [0.4, 0.5) is 4.79 Å². The van der Waals surface area contributed by atoms with E-state index < -0.39 is 6.16 Å². The second-order valence-corrected chi connectivity index (χ2v) is 0.860. The fraction of sp³-hybridized carbons (Fsp3) is 0.667. The molecule has 0 rings (SSSR count). The van der Waals surface area contributed by atoms with Gasteiger partial charge in [0.1, 0.15) is 0 Å². The van der Waals surface area contributed by atoms with Crippen molar-refractivity contribution in [1.29, 1.82) is 0 Å². The monoisotopic (exact) mass is 146 g/mol. The summed E-state index contributed by atoms with van der Waals surface area (Å²) in [6.07, 6.45) is -1.83. The minimum Gasteiger partial charge on any atom is -1.00 e. The molecule has 0 aromatic rings. The van der Waals surface area contributed by atoms with E-state index in [4.69, 9.17) is 26.5 Å². The minimum absolute atomic E-state index is 0. The summed E-state index contributed by atoms with van der Waals surface area (Å²) >= 11 is 0. The maximum atomic E-state index is 8.56. The maximum absolute atomic E-state index is 8.56. The SMILES string of the molecule is NCCN.O=C(O)O.[H-].[Na+]. The van der Waals surface area contributed by atoms with Crippen LogP contribution in [-0.2, 0) is 0 Å². The Hall–Kier alpha value is 0.190. The van der Waals surface area contributed by atoms with Crippen molar-refractivity contribution >= 4 is 6.16 Å². The van der Waals surface area contributed by atoms with Crippen LogP contribution in [0.15, 0.2) is 0 Å². The summed E-state index contributed by atoms with van der Waals surface area (Å²) in [6.45, 7) is 1.19. The van der Waals surface area contributed by atoms with Gasteiger partial charge in [0.15, 0.2) is 0 Å². The Morgan fingerprint density at radius 1 is 1.33 bits per heavy atom. The average molecular weight is 146 g/mol. The molecule has 0 spiro atoms. The zero-order valence-electron chi connectivity index (χ0n) is 6.37. The normalized spacial score (nSPS) is 6.00. The number of carboxylic acid groups (broad SMARTS) is 2. The van der Waals surface area contributed by atoms with Gasteiger partial charge in [0.25, 0.3) is 0 Å². The van der Waals surface area contributed by atoms with Crippen molar-refractivity contribution in [2.45, 2.75) is 0 Å². The smallest absolute Gasteiger partial charge is 1.00 e. The Labute approximate surface area is 76.8 Å². The van der Waals surface area contributed by atoms with Crippen molar-refractivity contribution in [1.82, 2.24) is 0 Å². The molecule has 0 aromatic carbocycles. The van der Waals surface area contributed by atoms with Gasteiger partial charge in [0, 0.05) is 13.1 Å². The quantitative estimate of drug-likeness (QED) is 0.284. The van der Waals surface area contributed by atoms with E-state index in [2.05, 4.69) is 0 Å². The van der Waals surface area contributed by atoms with Gasteiger partial charge in [-0.05, 0) is 0 Å². The van der Waals surface area contributed by atoms with Crippen LogP contribution in [0, 0.1) is 0 Å². The van der Waals surface area contributed by atoms with Gasteiger partial charge in [-0.1, -0.05) is 0 Å². The Kier molecular flexibility index (Phi) is 28.1. The van der Waals surface area contributed by atoms with Gasteiger partial charge in [0.05, 0.1) is 0 Å². The van der Waals surface area contributed by atoms with Crippen molar-refractivity contribution in [3.05, 3.63) is 0 Å². The molecular formula is C3H11N2NaO3. The van der Waals surface area contributed by atoms with Crippen LogP contribution in [-0.4, -0.2) is 29.5 Å². The number of rotatable bonds is 1. The summed E-state index contributed by atoms with van der Waals surface area (Å²) in [6, 6.07) is 0. The molecule has 0 bridgehead atoms. The molecule has 6 heteroatoms. The zero-order valence-corrected chi connectivity index (χ0v) is 7.37. The van der Waals surface area contributed by atoms with Gasteiger partial charge >= 0.3 is 35.7 Å². The molecule has 0 atom stereocenters. The molecule has 0 heterocycles. The van der Waals surface area contributed by atoms with Crippen LogP contribution in [0.25, 0.3) is 0 Å². The van der Waals surface area contributed by atoms with Crippen molar-refractivity contribution in [2.24, 2.45) is 11.5 Å². The molecule has 5 nitrogen and oxygen atoms in total. The average Bonchev–Trinajstić information content (AvgIpc) is 1.65. The Bertz CT molecular complexity index is 59.7. The summed E-state index contributed by atoms with van der Waals surface area (Å²) in [5.74, 6) is 0. The molecule has 0 aliphatic carbocycles. The third kappa shape index (κ3) is 222. The van der Waals surface area contributed by atoms with Gasteiger partial charge in [-0.15, -0.1) is 0 Å². The fourth-order valence-electron chi connectivity index (χ4n) is 0. The van der Waals surface area contributed by atoms with Gasteiger partial charge in [-0.3, -0.25) is 0 Å². The number of carbonyl (C=O) groups is 1. The van der Waals surface area contributed by atoms with Crippen LogP contribution < -0.4 is 41.0 Å². The molecule has 0 saturated carbocycles. The third-order valence-corrected chi connectivity index (χ3v) is 0.167. The van der Waals surface area contributed by atoms with Gasteiger partial charge in [-0.25, -0.2) is 4.79 Å². The van der Waals surface area contributed by atoms with Crippen molar-refractivity contribution in [3.8, 4) is 0 Å². The van der Waals surface area contributed by atoms with Crippen LogP contribution >= 0.6 is 0 Å². The summed E-state index contributed by atoms with van der Waals surface area (Å²) in [7, 11) is 0. The van der Waals surface area contributed by atoms with E-state index in [1.807, 2.05) is 0 Å².